The lowest BCUT2D eigenvalue weighted by Gasteiger charge is -2.14. The van der Waals surface area contributed by atoms with Crippen molar-refractivity contribution in [3.8, 4) is 11.6 Å². The van der Waals surface area contributed by atoms with Crippen LogP contribution in [0.25, 0.3) is 22.5 Å². The van der Waals surface area contributed by atoms with E-state index in [1.807, 2.05) is 48.5 Å². The maximum Gasteiger partial charge on any atom is 0.280 e. The summed E-state index contributed by atoms with van der Waals surface area (Å²) in [7, 11) is 0. The van der Waals surface area contributed by atoms with Gasteiger partial charge in [-0.05, 0) is 36.4 Å². The van der Waals surface area contributed by atoms with E-state index in [0.717, 1.165) is 5.69 Å². The lowest BCUT2D eigenvalue weighted by Crippen LogP contribution is -2.29. The summed E-state index contributed by atoms with van der Waals surface area (Å²) in [4.78, 5) is 17.4. The first-order valence-electron chi connectivity index (χ1n) is 7.21. The molecule has 5 nitrogen and oxygen atoms in total. The molecular weight excluding hydrogens is 290 g/mol. The first kappa shape index (κ1) is 13.3. The number of anilines is 1. The van der Waals surface area contributed by atoms with Crippen molar-refractivity contribution in [3.63, 3.8) is 0 Å². The van der Waals surface area contributed by atoms with Gasteiger partial charge in [-0.1, -0.05) is 30.3 Å². The van der Waals surface area contributed by atoms with Gasteiger partial charge in [-0.15, -0.1) is 0 Å². The van der Waals surface area contributed by atoms with Gasteiger partial charge in [0.2, 0.25) is 0 Å². The molecule has 0 saturated carbocycles. The highest BCUT2D eigenvalue weighted by atomic mass is 16.3. The fraction of sp³-hybridized carbons (Fsp3) is 0. The van der Waals surface area contributed by atoms with Gasteiger partial charge >= 0.3 is 0 Å². The molecule has 0 aliphatic carbocycles. The zero-order valence-electron chi connectivity index (χ0n) is 12.1. The van der Waals surface area contributed by atoms with E-state index in [9.17, 15) is 4.79 Å². The normalized spacial score (nSPS) is 10.8. The minimum absolute atomic E-state index is 0.175. The summed E-state index contributed by atoms with van der Waals surface area (Å²) < 4.78 is 6.85. The molecule has 112 valence electrons. The molecule has 2 aromatic carbocycles. The maximum absolute atomic E-state index is 12.9. The number of fused-ring (bicyclic) bond motifs is 1. The van der Waals surface area contributed by atoms with Gasteiger partial charge in [-0.25, -0.2) is 4.98 Å². The summed E-state index contributed by atoms with van der Waals surface area (Å²) in [5.74, 6) is 0.957. The summed E-state index contributed by atoms with van der Waals surface area (Å²) in [5, 5.41) is 0.547. The number of nitrogens with one attached hydrogen (secondary N) is 1. The van der Waals surface area contributed by atoms with Crippen LogP contribution in [0.3, 0.4) is 0 Å². The molecule has 2 aromatic heterocycles. The van der Waals surface area contributed by atoms with Gasteiger partial charge in [-0.3, -0.25) is 10.2 Å². The van der Waals surface area contributed by atoms with E-state index in [4.69, 9.17) is 4.42 Å². The van der Waals surface area contributed by atoms with Crippen molar-refractivity contribution in [2.24, 2.45) is 0 Å². The van der Waals surface area contributed by atoms with Crippen LogP contribution in [0.1, 0.15) is 0 Å². The lowest BCUT2D eigenvalue weighted by molar-refractivity contribution is 0.573. The van der Waals surface area contributed by atoms with E-state index in [1.165, 1.54) is 4.68 Å². The van der Waals surface area contributed by atoms with Crippen molar-refractivity contribution >= 4 is 16.6 Å². The van der Waals surface area contributed by atoms with Crippen LogP contribution in [0.2, 0.25) is 0 Å². The monoisotopic (exact) mass is 303 g/mol. The van der Waals surface area contributed by atoms with Crippen molar-refractivity contribution < 1.29 is 4.42 Å². The fourth-order valence-electron chi connectivity index (χ4n) is 2.45. The Balaban J connectivity index is 1.98. The number of furan rings is 1. The molecule has 0 saturated heterocycles. The first-order valence-corrected chi connectivity index (χ1v) is 7.21. The molecule has 0 aliphatic rings. The standard InChI is InChI=1S/C18H13N3O2/c22-18-14-9-4-5-10-15(14)19-17(16-11-6-12-23-16)21(18)20-13-7-2-1-3-8-13/h1-12,20H. The van der Waals surface area contributed by atoms with Gasteiger partial charge in [0, 0.05) is 0 Å². The third-order valence-corrected chi connectivity index (χ3v) is 3.53. The molecule has 0 spiro atoms. The molecule has 23 heavy (non-hydrogen) atoms. The predicted octanol–water partition coefficient (Wildman–Crippen LogP) is 3.53. The van der Waals surface area contributed by atoms with Crippen LogP contribution in [0.4, 0.5) is 5.69 Å². The molecule has 0 bridgehead atoms. The van der Waals surface area contributed by atoms with Crippen LogP contribution < -0.4 is 11.0 Å². The van der Waals surface area contributed by atoms with Crippen molar-refractivity contribution in [2.75, 3.05) is 5.43 Å². The van der Waals surface area contributed by atoms with Gasteiger partial charge in [0.25, 0.3) is 5.56 Å². The summed E-state index contributed by atoms with van der Waals surface area (Å²) in [6.07, 6.45) is 1.56. The molecule has 5 heteroatoms. The molecular formula is C18H13N3O2. The Morgan fingerprint density at radius 3 is 2.48 bits per heavy atom. The highest BCUT2D eigenvalue weighted by Crippen LogP contribution is 2.19. The molecule has 0 atom stereocenters. The lowest BCUT2D eigenvalue weighted by atomic mass is 10.2. The zero-order chi connectivity index (χ0) is 15.6. The molecule has 4 aromatic rings. The van der Waals surface area contributed by atoms with E-state index in [1.54, 1.807) is 24.5 Å². The van der Waals surface area contributed by atoms with Gasteiger partial charge in [0.05, 0.1) is 22.9 Å². The number of hydrogen-bond acceptors (Lipinski definition) is 4. The van der Waals surface area contributed by atoms with E-state index < -0.39 is 0 Å². The first-order chi connectivity index (χ1) is 11.3. The minimum Gasteiger partial charge on any atom is -0.461 e. The molecule has 0 radical (unpaired) electrons. The van der Waals surface area contributed by atoms with E-state index in [2.05, 4.69) is 10.4 Å². The summed E-state index contributed by atoms with van der Waals surface area (Å²) in [5.41, 5.74) is 4.35. The Labute approximate surface area is 131 Å². The Morgan fingerprint density at radius 2 is 1.70 bits per heavy atom. The van der Waals surface area contributed by atoms with Crippen molar-refractivity contribution in [1.29, 1.82) is 0 Å². The second kappa shape index (κ2) is 5.46. The molecule has 0 aliphatic heterocycles. The van der Waals surface area contributed by atoms with Crippen LogP contribution in [-0.2, 0) is 0 Å². The highest BCUT2D eigenvalue weighted by molar-refractivity contribution is 5.79. The van der Waals surface area contributed by atoms with Crippen LogP contribution in [-0.4, -0.2) is 9.66 Å². The largest absolute Gasteiger partial charge is 0.461 e. The van der Waals surface area contributed by atoms with Crippen LogP contribution in [0.5, 0.6) is 0 Å². The maximum atomic E-state index is 12.9. The summed E-state index contributed by atoms with van der Waals surface area (Å²) >= 11 is 0. The van der Waals surface area contributed by atoms with Crippen molar-refractivity contribution in [3.05, 3.63) is 83.3 Å². The summed E-state index contributed by atoms with van der Waals surface area (Å²) in [6, 6.07) is 20.3. The third kappa shape index (κ3) is 2.38. The smallest absolute Gasteiger partial charge is 0.280 e. The van der Waals surface area contributed by atoms with Gasteiger partial charge in [0.1, 0.15) is 0 Å². The zero-order valence-corrected chi connectivity index (χ0v) is 12.1. The molecule has 0 unspecified atom stereocenters. The predicted molar refractivity (Wildman–Crippen MR) is 89.2 cm³/mol. The molecule has 4 rings (SSSR count). The van der Waals surface area contributed by atoms with Gasteiger partial charge < -0.3 is 4.42 Å². The van der Waals surface area contributed by atoms with E-state index in [0.29, 0.717) is 22.5 Å². The van der Waals surface area contributed by atoms with Crippen LogP contribution >= 0.6 is 0 Å². The van der Waals surface area contributed by atoms with Gasteiger partial charge in [-0.2, -0.15) is 4.68 Å². The highest BCUT2D eigenvalue weighted by Gasteiger charge is 2.14. The molecule has 0 amide bonds. The Kier molecular flexibility index (Phi) is 3.16. The van der Waals surface area contributed by atoms with Crippen LogP contribution in [0.15, 0.2) is 82.2 Å². The number of para-hydroxylation sites is 2. The Hall–Kier alpha value is -3.34. The Morgan fingerprint density at radius 1 is 0.913 bits per heavy atom. The fourth-order valence-corrected chi connectivity index (χ4v) is 2.45. The van der Waals surface area contributed by atoms with Crippen LogP contribution in [0, 0.1) is 0 Å². The Bertz CT molecular complexity index is 1010. The molecule has 1 N–H and O–H groups in total. The summed E-state index contributed by atoms with van der Waals surface area (Å²) in [6.45, 7) is 0. The number of benzene rings is 2. The van der Waals surface area contributed by atoms with E-state index in [-0.39, 0.29) is 5.56 Å². The second-order valence-corrected chi connectivity index (χ2v) is 5.05. The van der Waals surface area contributed by atoms with E-state index >= 15 is 0 Å². The van der Waals surface area contributed by atoms with Crippen molar-refractivity contribution in [2.45, 2.75) is 0 Å². The SMILES string of the molecule is O=c1c2ccccc2nc(-c2ccco2)n1Nc1ccccc1. The quantitative estimate of drug-likeness (QED) is 0.629. The third-order valence-electron chi connectivity index (χ3n) is 3.53. The van der Waals surface area contributed by atoms with Gasteiger partial charge in [0.15, 0.2) is 11.6 Å². The number of nitrogens with zero attached hydrogens (tertiary/aromatic N) is 2. The molecule has 0 fully saturated rings. The average Bonchev–Trinajstić information content (AvgIpc) is 3.13. The number of hydrogen-bond donors (Lipinski definition) is 1. The number of aromatic nitrogens is 2. The topological polar surface area (TPSA) is 60.1 Å². The second-order valence-electron chi connectivity index (χ2n) is 5.05. The minimum atomic E-state index is -0.175. The number of rotatable bonds is 3. The van der Waals surface area contributed by atoms with Crippen molar-refractivity contribution in [1.82, 2.24) is 9.66 Å². The average molecular weight is 303 g/mol. The molecule has 2 heterocycles.